The van der Waals surface area contributed by atoms with Gasteiger partial charge in [0.25, 0.3) is 10.1 Å². The molecule has 7 heteroatoms. The maximum absolute atomic E-state index is 12.3. The van der Waals surface area contributed by atoms with Crippen molar-refractivity contribution in [3.05, 3.63) is 0 Å². The minimum atomic E-state index is -3.44. The van der Waals surface area contributed by atoms with Crippen LogP contribution in [0.1, 0.15) is 26.7 Å². The summed E-state index contributed by atoms with van der Waals surface area (Å²) >= 11 is 0. The normalized spacial score (nSPS) is 24.8. The molecule has 0 saturated carbocycles. The van der Waals surface area contributed by atoms with E-state index in [-0.39, 0.29) is 12.4 Å². The first-order valence-corrected chi connectivity index (χ1v) is 9.11. The summed E-state index contributed by atoms with van der Waals surface area (Å²) in [5, 5.41) is 0. The summed E-state index contributed by atoms with van der Waals surface area (Å²) < 4.78 is 44.5. The Labute approximate surface area is 97.1 Å². The smallest absolute Gasteiger partial charge is 0.270 e. The van der Waals surface area contributed by atoms with E-state index in [0.717, 1.165) is 12.8 Å². The van der Waals surface area contributed by atoms with Crippen molar-refractivity contribution < 1.29 is 21.7 Å². The molecule has 1 fully saturated rings. The van der Waals surface area contributed by atoms with Crippen molar-refractivity contribution >= 4 is 17.5 Å². The lowest BCUT2D eigenvalue weighted by Gasteiger charge is -2.20. The molecule has 1 saturated heterocycles. The van der Waals surface area contributed by atoms with Crippen LogP contribution in [0.25, 0.3) is 0 Å². The number of rotatable bonds is 6. The van der Waals surface area contributed by atoms with E-state index in [2.05, 4.69) is 4.18 Å². The van der Waals surface area contributed by atoms with Crippen LogP contribution in [0.3, 0.4) is 0 Å². The Kier molecular flexibility index (Phi) is 4.98. The van der Waals surface area contributed by atoms with Gasteiger partial charge in [-0.25, -0.2) is 0 Å². The van der Waals surface area contributed by atoms with E-state index in [4.69, 9.17) is 4.52 Å². The summed E-state index contributed by atoms with van der Waals surface area (Å²) in [6, 6.07) is 0. The molecule has 1 aliphatic rings. The molecule has 0 aromatic rings. The third kappa shape index (κ3) is 4.17. The van der Waals surface area contributed by atoms with Crippen molar-refractivity contribution in [3.63, 3.8) is 0 Å². The molecule has 0 bridgehead atoms. The zero-order valence-corrected chi connectivity index (χ0v) is 11.4. The molecule has 1 atom stereocenters. The first-order chi connectivity index (χ1) is 7.41. The highest BCUT2D eigenvalue weighted by molar-refractivity contribution is 7.87. The minimum Gasteiger partial charge on any atom is -0.321 e. The minimum absolute atomic E-state index is 0.000246. The van der Waals surface area contributed by atoms with Gasteiger partial charge in [0.05, 0.1) is 6.61 Å². The van der Waals surface area contributed by atoms with Crippen molar-refractivity contribution in [1.29, 1.82) is 0 Å². The summed E-state index contributed by atoms with van der Waals surface area (Å²) in [7, 11) is -6.11. The first kappa shape index (κ1) is 14.2. The van der Waals surface area contributed by atoms with Crippen molar-refractivity contribution in [1.82, 2.24) is 0 Å². The monoisotopic (exact) mass is 270 g/mol. The van der Waals surface area contributed by atoms with Gasteiger partial charge in [-0.1, -0.05) is 13.8 Å². The lowest BCUT2D eigenvalue weighted by molar-refractivity contribution is 0.181. The second-order valence-corrected chi connectivity index (χ2v) is 8.42. The maximum atomic E-state index is 12.3. The van der Waals surface area contributed by atoms with Crippen LogP contribution in [0, 0.1) is 0 Å². The molecule has 0 aromatic carbocycles. The molecule has 5 nitrogen and oxygen atoms in total. The summed E-state index contributed by atoms with van der Waals surface area (Å²) in [6.07, 6.45) is 2.01. The fourth-order valence-electron chi connectivity index (χ4n) is 1.73. The molecule has 0 radical (unpaired) electrons. The van der Waals surface area contributed by atoms with E-state index in [0.29, 0.717) is 12.3 Å². The fraction of sp³-hybridized carbons (Fsp3) is 1.00. The predicted molar refractivity (Wildman–Crippen MR) is 62.5 cm³/mol. The van der Waals surface area contributed by atoms with Crippen molar-refractivity contribution in [2.45, 2.75) is 32.8 Å². The van der Waals surface area contributed by atoms with Gasteiger partial charge in [0.15, 0.2) is 0 Å². The zero-order chi connectivity index (χ0) is 12.2. The van der Waals surface area contributed by atoms with Gasteiger partial charge in [0, 0.05) is 12.3 Å². The summed E-state index contributed by atoms with van der Waals surface area (Å²) in [6.45, 7) is 3.88. The third-order valence-electron chi connectivity index (χ3n) is 2.29. The summed E-state index contributed by atoms with van der Waals surface area (Å²) in [5.41, 5.74) is 0. The van der Waals surface area contributed by atoms with E-state index < -0.39 is 23.6 Å². The second-order valence-electron chi connectivity index (χ2n) is 4.00. The molecule has 96 valence electrons. The van der Waals surface area contributed by atoms with Crippen molar-refractivity contribution in [2.24, 2.45) is 0 Å². The van der Waals surface area contributed by atoms with E-state index in [1.165, 1.54) is 0 Å². The van der Waals surface area contributed by atoms with Gasteiger partial charge < -0.3 is 4.52 Å². The molecule has 1 aliphatic heterocycles. The van der Waals surface area contributed by atoms with Gasteiger partial charge in [0.2, 0.25) is 7.37 Å². The van der Waals surface area contributed by atoms with Crippen LogP contribution in [0.15, 0.2) is 0 Å². The lowest BCUT2D eigenvalue weighted by Crippen LogP contribution is -2.17. The molecule has 16 heavy (non-hydrogen) atoms. The average Bonchev–Trinajstić information content (AvgIpc) is 2.45. The van der Waals surface area contributed by atoms with E-state index in [1.54, 1.807) is 0 Å². The van der Waals surface area contributed by atoms with Gasteiger partial charge in [0.1, 0.15) is 11.9 Å². The Morgan fingerprint density at radius 2 is 1.88 bits per heavy atom. The van der Waals surface area contributed by atoms with Gasteiger partial charge in [-0.15, -0.1) is 0 Å². The van der Waals surface area contributed by atoms with Gasteiger partial charge >= 0.3 is 0 Å². The van der Waals surface area contributed by atoms with E-state index in [9.17, 15) is 13.0 Å². The molecule has 1 unspecified atom stereocenters. The molecular formula is C9H19O5PS. The molecule has 0 spiro atoms. The first-order valence-electron chi connectivity index (χ1n) is 5.54. The highest BCUT2D eigenvalue weighted by Gasteiger charge is 2.35. The Balaban J connectivity index is 2.60. The van der Waals surface area contributed by atoms with Crippen molar-refractivity contribution in [3.8, 4) is 0 Å². The van der Waals surface area contributed by atoms with Crippen molar-refractivity contribution in [2.75, 3.05) is 24.7 Å². The Morgan fingerprint density at radius 3 is 2.25 bits per heavy atom. The van der Waals surface area contributed by atoms with Crippen LogP contribution >= 0.6 is 7.37 Å². The van der Waals surface area contributed by atoms with Crippen LogP contribution in [0.5, 0.6) is 0 Å². The van der Waals surface area contributed by atoms with Crippen LogP contribution in [-0.4, -0.2) is 39.2 Å². The fourth-order valence-corrected chi connectivity index (χ4v) is 5.39. The SMILES string of the molecule is CCCP(=O)(CCC)OC1COS(=O)(=O)C1. The van der Waals surface area contributed by atoms with Crippen LogP contribution < -0.4 is 0 Å². The molecule has 0 N–H and O–H groups in total. The Bertz CT molecular complexity index is 354. The predicted octanol–water partition coefficient (Wildman–Crippen LogP) is 1.83. The standard InChI is InChI=1S/C9H19O5PS/c1-3-5-15(10,6-4-2)14-9-7-13-16(11,12)8-9/h9H,3-8H2,1-2H3. The second kappa shape index (κ2) is 5.63. The molecule has 0 aliphatic carbocycles. The van der Waals surface area contributed by atoms with E-state index in [1.807, 2.05) is 13.8 Å². The lowest BCUT2D eigenvalue weighted by atomic mass is 10.5. The quantitative estimate of drug-likeness (QED) is 0.544. The summed E-state index contributed by atoms with van der Waals surface area (Å²) in [4.78, 5) is 0. The molecule has 1 heterocycles. The highest BCUT2D eigenvalue weighted by Crippen LogP contribution is 2.49. The van der Waals surface area contributed by atoms with Gasteiger partial charge in [-0.2, -0.15) is 8.42 Å². The topological polar surface area (TPSA) is 69.7 Å². The summed E-state index contributed by atoms with van der Waals surface area (Å²) in [5.74, 6) is -0.176. The molecular weight excluding hydrogens is 251 g/mol. The third-order valence-corrected chi connectivity index (χ3v) is 6.51. The highest BCUT2D eigenvalue weighted by atomic mass is 32.2. The zero-order valence-electron chi connectivity index (χ0n) is 9.72. The largest absolute Gasteiger partial charge is 0.321 e. The van der Waals surface area contributed by atoms with Crippen LogP contribution in [0.2, 0.25) is 0 Å². The number of hydrogen-bond acceptors (Lipinski definition) is 5. The maximum Gasteiger partial charge on any atom is 0.270 e. The molecule has 0 aromatic heterocycles. The average molecular weight is 270 g/mol. The Morgan fingerprint density at radius 1 is 1.31 bits per heavy atom. The number of hydrogen-bond donors (Lipinski definition) is 0. The van der Waals surface area contributed by atoms with Crippen LogP contribution in [-0.2, 0) is 23.4 Å². The van der Waals surface area contributed by atoms with E-state index >= 15 is 0 Å². The Hall–Kier alpha value is 0.1000. The molecule has 1 rings (SSSR count). The van der Waals surface area contributed by atoms with Gasteiger partial charge in [-0.05, 0) is 12.8 Å². The molecule has 0 amide bonds. The van der Waals surface area contributed by atoms with Crippen LogP contribution in [0.4, 0.5) is 0 Å². The van der Waals surface area contributed by atoms with Gasteiger partial charge in [-0.3, -0.25) is 8.75 Å².